The molecule has 2 heterocycles. The molecule has 7 nitrogen and oxygen atoms in total. The summed E-state index contributed by atoms with van der Waals surface area (Å²) < 4.78 is 16.1. The van der Waals surface area contributed by atoms with Crippen molar-refractivity contribution in [2.24, 2.45) is 0 Å². The Balaban J connectivity index is 1.79. The van der Waals surface area contributed by atoms with E-state index in [0.29, 0.717) is 22.6 Å². The highest BCUT2D eigenvalue weighted by Gasteiger charge is 2.56. The fraction of sp³-hybridized carbons (Fsp3) is 0.217. The van der Waals surface area contributed by atoms with Crippen LogP contribution in [0.4, 0.5) is 4.79 Å². The molecular weight excluding hydrogens is 384 g/mol. The monoisotopic (exact) mass is 406 g/mol. The highest BCUT2D eigenvalue weighted by molar-refractivity contribution is 5.72. The molecule has 1 aliphatic heterocycles. The van der Waals surface area contributed by atoms with Gasteiger partial charge in [0.2, 0.25) is 5.72 Å². The summed E-state index contributed by atoms with van der Waals surface area (Å²) in [6.45, 7) is 0.141. The molecule has 0 unspecified atom stereocenters. The van der Waals surface area contributed by atoms with Crippen molar-refractivity contribution in [1.29, 1.82) is 0 Å². The standard InChI is InChI=1S/C23H22N2O5/c1-28-19-9-5-17(6-10-19)21-23(27,18-7-11-20(29-2)12-8-18)25(22(26)30-21)15-16-4-3-13-24-14-16/h3-14,21,27H,15H2,1-2H3/t21-,23+/m1/s1. The lowest BCUT2D eigenvalue weighted by Crippen LogP contribution is -2.45. The molecule has 30 heavy (non-hydrogen) atoms. The number of aromatic nitrogens is 1. The van der Waals surface area contributed by atoms with E-state index < -0.39 is 17.9 Å². The SMILES string of the molecule is COc1ccc([C@H]2OC(=O)N(Cc3cccnc3)[C@]2(O)c2ccc(OC)cc2)cc1. The molecule has 7 heteroatoms. The Labute approximate surface area is 174 Å². The summed E-state index contributed by atoms with van der Waals surface area (Å²) in [6, 6.07) is 17.6. The zero-order valence-electron chi connectivity index (χ0n) is 16.7. The number of ether oxygens (including phenoxy) is 3. The maximum absolute atomic E-state index is 12.9. The molecule has 1 fully saturated rings. The molecular formula is C23H22N2O5. The van der Waals surface area contributed by atoms with Crippen LogP contribution in [0.5, 0.6) is 11.5 Å². The number of benzene rings is 2. The molecule has 154 valence electrons. The van der Waals surface area contributed by atoms with Crippen LogP contribution in [0, 0.1) is 0 Å². The second-order valence-corrected chi connectivity index (χ2v) is 6.94. The lowest BCUT2D eigenvalue weighted by Gasteiger charge is -2.34. The van der Waals surface area contributed by atoms with Crippen molar-refractivity contribution >= 4 is 6.09 Å². The van der Waals surface area contributed by atoms with E-state index >= 15 is 0 Å². The first-order chi connectivity index (χ1) is 14.6. The first-order valence-electron chi connectivity index (χ1n) is 9.44. The van der Waals surface area contributed by atoms with Crippen LogP contribution < -0.4 is 9.47 Å². The summed E-state index contributed by atoms with van der Waals surface area (Å²) in [7, 11) is 3.15. The lowest BCUT2D eigenvalue weighted by atomic mass is 9.91. The maximum Gasteiger partial charge on any atom is 0.413 e. The van der Waals surface area contributed by atoms with Gasteiger partial charge in [0.25, 0.3) is 0 Å². The van der Waals surface area contributed by atoms with E-state index in [1.54, 1.807) is 81.2 Å². The number of nitrogens with zero attached hydrogens (tertiary/aromatic N) is 2. The Hall–Kier alpha value is -3.58. The van der Waals surface area contributed by atoms with Gasteiger partial charge in [0.1, 0.15) is 11.5 Å². The van der Waals surface area contributed by atoms with Gasteiger partial charge in [-0.05, 0) is 41.5 Å². The molecule has 1 N–H and O–H groups in total. The lowest BCUT2D eigenvalue weighted by molar-refractivity contribution is -0.113. The first kappa shape index (κ1) is 19.7. The van der Waals surface area contributed by atoms with Gasteiger partial charge in [0, 0.05) is 18.0 Å². The van der Waals surface area contributed by atoms with E-state index in [0.717, 1.165) is 5.56 Å². The smallest absolute Gasteiger partial charge is 0.413 e. The third-order valence-electron chi connectivity index (χ3n) is 5.21. The van der Waals surface area contributed by atoms with Crippen LogP contribution in [0.15, 0.2) is 73.1 Å². The minimum absolute atomic E-state index is 0.141. The first-order valence-corrected chi connectivity index (χ1v) is 9.44. The quantitative estimate of drug-likeness (QED) is 0.673. The molecule has 3 aromatic rings. The van der Waals surface area contributed by atoms with Crippen molar-refractivity contribution in [2.75, 3.05) is 14.2 Å². The highest BCUT2D eigenvalue weighted by atomic mass is 16.6. The van der Waals surface area contributed by atoms with Crippen molar-refractivity contribution in [3.63, 3.8) is 0 Å². The summed E-state index contributed by atoms with van der Waals surface area (Å²) in [5.74, 6) is 1.32. The number of pyridine rings is 1. The molecule has 0 bridgehead atoms. The van der Waals surface area contributed by atoms with Gasteiger partial charge in [-0.15, -0.1) is 0 Å². The van der Waals surface area contributed by atoms with Gasteiger partial charge in [-0.25, -0.2) is 4.79 Å². The Kier molecular flexibility index (Phi) is 5.29. The molecule has 1 aromatic heterocycles. The largest absolute Gasteiger partial charge is 0.497 e. The molecule has 1 aliphatic rings. The highest BCUT2D eigenvalue weighted by Crippen LogP contribution is 2.47. The zero-order valence-corrected chi connectivity index (χ0v) is 16.7. The fourth-order valence-corrected chi connectivity index (χ4v) is 3.61. The summed E-state index contributed by atoms with van der Waals surface area (Å²) >= 11 is 0. The van der Waals surface area contributed by atoms with Crippen molar-refractivity contribution in [2.45, 2.75) is 18.4 Å². The summed E-state index contributed by atoms with van der Waals surface area (Å²) in [6.07, 6.45) is 1.77. The third kappa shape index (κ3) is 3.44. The van der Waals surface area contributed by atoms with Crippen LogP contribution in [0.1, 0.15) is 22.8 Å². The van der Waals surface area contributed by atoms with E-state index in [1.165, 1.54) is 4.90 Å². The van der Waals surface area contributed by atoms with Gasteiger partial charge in [-0.2, -0.15) is 0 Å². The number of carbonyl (C=O) groups is 1. The second-order valence-electron chi connectivity index (χ2n) is 6.94. The van der Waals surface area contributed by atoms with E-state index in [1.807, 2.05) is 6.07 Å². The number of aliphatic hydroxyl groups is 1. The van der Waals surface area contributed by atoms with Crippen LogP contribution >= 0.6 is 0 Å². The van der Waals surface area contributed by atoms with Gasteiger partial charge < -0.3 is 19.3 Å². The van der Waals surface area contributed by atoms with Crippen molar-refractivity contribution in [3.05, 3.63) is 89.7 Å². The molecule has 4 rings (SSSR count). The topological polar surface area (TPSA) is 81.1 Å². The number of methoxy groups -OCH3 is 2. The number of cyclic esters (lactones) is 1. The van der Waals surface area contributed by atoms with Crippen LogP contribution in [0.3, 0.4) is 0 Å². The number of hydrogen-bond donors (Lipinski definition) is 1. The van der Waals surface area contributed by atoms with Gasteiger partial charge in [0.05, 0.1) is 20.8 Å². The van der Waals surface area contributed by atoms with Crippen molar-refractivity contribution in [3.8, 4) is 11.5 Å². The molecule has 2 aromatic carbocycles. The summed E-state index contributed by atoms with van der Waals surface area (Å²) in [5, 5.41) is 11.9. The van der Waals surface area contributed by atoms with Gasteiger partial charge in [-0.3, -0.25) is 9.88 Å². The maximum atomic E-state index is 12.9. The zero-order chi connectivity index (χ0) is 21.1. The summed E-state index contributed by atoms with van der Waals surface area (Å²) in [5.41, 5.74) is 0.208. The Morgan fingerprint density at radius 1 is 1.03 bits per heavy atom. The van der Waals surface area contributed by atoms with E-state index in [9.17, 15) is 9.90 Å². The van der Waals surface area contributed by atoms with E-state index in [2.05, 4.69) is 4.98 Å². The number of rotatable bonds is 6. The van der Waals surface area contributed by atoms with Crippen LogP contribution in [-0.2, 0) is 17.0 Å². The Morgan fingerprint density at radius 2 is 1.67 bits per heavy atom. The molecule has 0 aliphatic carbocycles. The molecule has 0 radical (unpaired) electrons. The average Bonchev–Trinajstić information content (AvgIpc) is 3.06. The Morgan fingerprint density at radius 3 is 2.23 bits per heavy atom. The van der Waals surface area contributed by atoms with Gasteiger partial charge in [-0.1, -0.05) is 30.3 Å². The molecule has 0 spiro atoms. The van der Waals surface area contributed by atoms with Crippen LogP contribution in [0.25, 0.3) is 0 Å². The van der Waals surface area contributed by atoms with Crippen LogP contribution in [-0.4, -0.2) is 35.3 Å². The average molecular weight is 406 g/mol. The predicted molar refractivity (Wildman–Crippen MR) is 109 cm³/mol. The van der Waals surface area contributed by atoms with E-state index in [-0.39, 0.29) is 6.54 Å². The molecule has 0 saturated carbocycles. The van der Waals surface area contributed by atoms with Crippen molar-refractivity contribution in [1.82, 2.24) is 9.88 Å². The predicted octanol–water partition coefficient (Wildman–Crippen LogP) is 3.64. The molecule has 1 saturated heterocycles. The van der Waals surface area contributed by atoms with Crippen molar-refractivity contribution < 1.29 is 24.1 Å². The van der Waals surface area contributed by atoms with E-state index in [4.69, 9.17) is 14.2 Å². The van der Waals surface area contributed by atoms with Gasteiger partial charge >= 0.3 is 6.09 Å². The number of amides is 1. The second kappa shape index (κ2) is 8.04. The summed E-state index contributed by atoms with van der Waals surface area (Å²) in [4.78, 5) is 18.3. The molecule has 1 amide bonds. The minimum atomic E-state index is -1.73. The Bertz CT molecular complexity index is 1010. The normalized spacial score (nSPS) is 20.7. The minimum Gasteiger partial charge on any atom is -0.497 e. The molecule has 2 atom stereocenters. The number of hydrogen-bond acceptors (Lipinski definition) is 6. The third-order valence-corrected chi connectivity index (χ3v) is 5.21. The van der Waals surface area contributed by atoms with Gasteiger partial charge in [0.15, 0.2) is 6.10 Å². The fourth-order valence-electron chi connectivity index (χ4n) is 3.61. The van der Waals surface area contributed by atoms with Crippen LogP contribution in [0.2, 0.25) is 0 Å². The number of carbonyl (C=O) groups excluding carboxylic acids is 1.